The molecule has 39 heavy (non-hydrogen) atoms. The van der Waals surface area contributed by atoms with Gasteiger partial charge in [0.05, 0.1) is 5.56 Å². The fourth-order valence-electron chi connectivity index (χ4n) is 5.56. The molecular weight excluding hydrogens is 533 g/mol. The van der Waals surface area contributed by atoms with Crippen molar-refractivity contribution in [2.75, 3.05) is 45.2 Å². The molecule has 212 valence electrons. The fraction of sp³-hybridized carbons (Fsp3) is 0.536. The molecular formula is C28H34ClF3N4O3. The molecule has 2 saturated heterocycles. The Labute approximate surface area is 231 Å². The number of halogens is 4. The van der Waals surface area contributed by atoms with Crippen LogP contribution in [0.2, 0.25) is 5.15 Å². The molecule has 0 bridgehead atoms. The van der Waals surface area contributed by atoms with Gasteiger partial charge in [0.25, 0.3) is 17.4 Å². The van der Waals surface area contributed by atoms with E-state index in [1.54, 1.807) is 20.2 Å². The zero-order valence-electron chi connectivity index (χ0n) is 22.1. The molecule has 2 aliphatic heterocycles. The molecule has 1 atom stereocenters. The van der Waals surface area contributed by atoms with Crippen molar-refractivity contribution in [2.45, 2.75) is 43.9 Å². The van der Waals surface area contributed by atoms with Gasteiger partial charge in [0.1, 0.15) is 11.0 Å². The minimum absolute atomic E-state index is 0.180. The lowest BCUT2D eigenvalue weighted by Crippen LogP contribution is -2.57. The quantitative estimate of drug-likeness (QED) is 0.512. The second-order valence-corrected chi connectivity index (χ2v) is 11.0. The summed E-state index contributed by atoms with van der Waals surface area (Å²) >= 11 is 6.28. The molecule has 1 N–H and O–H groups in total. The number of hydrogen-bond acceptors (Lipinski definition) is 5. The Kier molecular flexibility index (Phi) is 8.75. The number of anilines is 1. The molecule has 3 heterocycles. The highest BCUT2D eigenvalue weighted by atomic mass is 35.5. The molecule has 0 unspecified atom stereocenters. The second kappa shape index (κ2) is 11.7. The third-order valence-electron chi connectivity index (χ3n) is 7.89. The predicted molar refractivity (Wildman–Crippen MR) is 143 cm³/mol. The second-order valence-electron chi connectivity index (χ2n) is 10.7. The highest BCUT2D eigenvalue weighted by molar-refractivity contribution is 6.32. The van der Waals surface area contributed by atoms with E-state index in [2.05, 4.69) is 9.88 Å². The number of pyridine rings is 1. The van der Waals surface area contributed by atoms with E-state index in [1.807, 2.05) is 6.07 Å². The summed E-state index contributed by atoms with van der Waals surface area (Å²) < 4.78 is 41.7. The number of alkyl halides is 3. The minimum atomic E-state index is -5.13. The van der Waals surface area contributed by atoms with Gasteiger partial charge in [0.2, 0.25) is 0 Å². The van der Waals surface area contributed by atoms with Crippen LogP contribution in [0.25, 0.3) is 0 Å². The maximum atomic E-state index is 13.9. The van der Waals surface area contributed by atoms with Crippen LogP contribution in [0.4, 0.5) is 19.0 Å². The zero-order valence-corrected chi connectivity index (χ0v) is 22.9. The van der Waals surface area contributed by atoms with Crippen molar-refractivity contribution in [3.63, 3.8) is 0 Å². The Morgan fingerprint density at radius 3 is 2.05 bits per heavy atom. The largest absolute Gasteiger partial charge is 0.430 e. The third kappa shape index (κ3) is 6.17. The number of benzene rings is 1. The number of amides is 2. The normalized spacial score (nSPS) is 19.1. The number of carbonyl (C=O) groups is 2. The van der Waals surface area contributed by atoms with Gasteiger partial charge in [-0.3, -0.25) is 9.59 Å². The first kappa shape index (κ1) is 29.1. The van der Waals surface area contributed by atoms with Crippen molar-refractivity contribution in [1.82, 2.24) is 14.8 Å². The first-order valence-electron chi connectivity index (χ1n) is 13.2. The molecule has 7 nitrogen and oxygen atoms in total. The molecule has 1 aromatic carbocycles. The molecule has 4 rings (SSSR count). The number of piperidine rings is 2. The summed E-state index contributed by atoms with van der Waals surface area (Å²) in [5, 5.41) is 10.8. The molecule has 0 spiro atoms. The lowest BCUT2D eigenvalue weighted by Gasteiger charge is -2.40. The van der Waals surface area contributed by atoms with Crippen molar-refractivity contribution >= 4 is 29.2 Å². The minimum Gasteiger partial charge on any atom is -0.369 e. The molecule has 2 aromatic rings. The molecule has 1 aromatic heterocycles. The van der Waals surface area contributed by atoms with Crippen LogP contribution in [-0.4, -0.2) is 78.2 Å². The number of aliphatic hydroxyl groups is 1. The lowest BCUT2D eigenvalue weighted by molar-refractivity contribution is -0.262. The van der Waals surface area contributed by atoms with Crippen LogP contribution in [0.3, 0.4) is 0 Å². The summed E-state index contributed by atoms with van der Waals surface area (Å²) in [6.45, 7) is 1.96. The van der Waals surface area contributed by atoms with E-state index in [-0.39, 0.29) is 24.1 Å². The maximum absolute atomic E-state index is 13.9. The van der Waals surface area contributed by atoms with Gasteiger partial charge in [-0.25, -0.2) is 4.98 Å². The third-order valence-corrected chi connectivity index (χ3v) is 8.18. The van der Waals surface area contributed by atoms with E-state index < -0.39 is 23.2 Å². The number of carbonyl (C=O) groups excluding carboxylic acids is 2. The number of aromatic nitrogens is 1. The predicted octanol–water partition coefficient (Wildman–Crippen LogP) is 4.73. The molecule has 0 aliphatic carbocycles. The molecule has 2 aliphatic rings. The molecule has 0 saturated carbocycles. The van der Waals surface area contributed by atoms with E-state index in [9.17, 15) is 27.9 Å². The van der Waals surface area contributed by atoms with Crippen LogP contribution in [-0.2, 0) is 10.4 Å². The SMILES string of the molecule is CN(C)C(=O)c1ccc(N2CCC(CC3CCN(C(=O)[C@@](O)(c4ccccc4)C(F)(F)F)CC3)CC2)nc1Cl. The van der Waals surface area contributed by atoms with Gasteiger partial charge in [0, 0.05) is 45.8 Å². The van der Waals surface area contributed by atoms with Crippen molar-refractivity contribution in [3.05, 3.63) is 58.7 Å². The van der Waals surface area contributed by atoms with Crippen molar-refractivity contribution in [2.24, 2.45) is 11.8 Å². The number of hydrogen-bond donors (Lipinski definition) is 1. The lowest BCUT2D eigenvalue weighted by atomic mass is 9.82. The molecule has 0 radical (unpaired) electrons. The van der Waals surface area contributed by atoms with Gasteiger partial charge in [-0.05, 0) is 56.1 Å². The van der Waals surface area contributed by atoms with Gasteiger partial charge in [-0.1, -0.05) is 41.9 Å². The fourth-order valence-corrected chi connectivity index (χ4v) is 5.79. The van der Waals surface area contributed by atoms with E-state index >= 15 is 0 Å². The Morgan fingerprint density at radius 1 is 0.974 bits per heavy atom. The van der Waals surface area contributed by atoms with E-state index in [1.165, 1.54) is 23.1 Å². The summed E-state index contributed by atoms with van der Waals surface area (Å²) in [4.78, 5) is 34.4. The Hall–Kier alpha value is -2.85. The highest BCUT2D eigenvalue weighted by Crippen LogP contribution is 2.41. The summed E-state index contributed by atoms with van der Waals surface area (Å²) in [5.74, 6) is 0.00224. The first-order chi connectivity index (χ1) is 18.4. The summed E-state index contributed by atoms with van der Waals surface area (Å²) in [6, 6.07) is 10.1. The van der Waals surface area contributed by atoms with Gasteiger partial charge in [-0.15, -0.1) is 0 Å². The molecule has 11 heteroatoms. The summed E-state index contributed by atoms with van der Waals surface area (Å²) in [7, 11) is 3.32. The van der Waals surface area contributed by atoms with Crippen LogP contribution in [0.1, 0.15) is 48.0 Å². The van der Waals surface area contributed by atoms with E-state index in [0.717, 1.165) is 55.2 Å². The van der Waals surface area contributed by atoms with Crippen LogP contribution >= 0.6 is 11.6 Å². The van der Waals surface area contributed by atoms with Crippen molar-refractivity contribution in [1.29, 1.82) is 0 Å². The Balaban J connectivity index is 1.29. The van der Waals surface area contributed by atoms with E-state index in [0.29, 0.717) is 30.2 Å². The smallest absolute Gasteiger partial charge is 0.369 e. The topological polar surface area (TPSA) is 77.0 Å². The van der Waals surface area contributed by atoms with Gasteiger partial charge < -0.3 is 19.8 Å². The van der Waals surface area contributed by atoms with Crippen LogP contribution in [0.15, 0.2) is 42.5 Å². The van der Waals surface area contributed by atoms with Crippen LogP contribution in [0, 0.1) is 11.8 Å². The summed E-state index contributed by atoms with van der Waals surface area (Å²) in [6.07, 6.45) is -1.09. The Morgan fingerprint density at radius 2 is 1.54 bits per heavy atom. The number of likely N-dealkylation sites (tertiary alicyclic amines) is 1. The maximum Gasteiger partial charge on any atom is 0.430 e. The number of nitrogens with zero attached hydrogens (tertiary/aromatic N) is 4. The van der Waals surface area contributed by atoms with Crippen molar-refractivity contribution in [3.8, 4) is 0 Å². The average Bonchev–Trinajstić information content (AvgIpc) is 2.92. The highest BCUT2D eigenvalue weighted by Gasteiger charge is 2.62. The van der Waals surface area contributed by atoms with Crippen LogP contribution < -0.4 is 4.90 Å². The Bertz CT molecular complexity index is 1160. The monoisotopic (exact) mass is 566 g/mol. The standard InChI is InChI=1S/C28H34ClF3N4O3/c1-34(2)25(37)22-8-9-23(33-24(22)29)35-14-10-19(11-15-35)18-20-12-16-36(17-13-20)26(38)27(39,28(30,31)32)21-6-4-3-5-7-21/h3-9,19-20,39H,10-18H2,1-2H3/t27-/m0/s1. The van der Waals surface area contributed by atoms with E-state index in [4.69, 9.17) is 11.6 Å². The van der Waals surface area contributed by atoms with Crippen LogP contribution in [0.5, 0.6) is 0 Å². The van der Waals surface area contributed by atoms with Crippen molar-refractivity contribution < 1.29 is 27.9 Å². The van der Waals surface area contributed by atoms with Gasteiger partial charge in [-0.2, -0.15) is 13.2 Å². The van der Waals surface area contributed by atoms with Gasteiger partial charge >= 0.3 is 6.18 Å². The van der Waals surface area contributed by atoms with Gasteiger partial charge in [0.15, 0.2) is 0 Å². The zero-order chi connectivity index (χ0) is 28.4. The average molecular weight is 567 g/mol. The number of rotatable bonds is 6. The first-order valence-corrected chi connectivity index (χ1v) is 13.6. The molecule has 2 amide bonds. The molecule has 2 fully saturated rings. The summed E-state index contributed by atoms with van der Waals surface area (Å²) in [5.41, 5.74) is -3.66.